The molecule has 5 rings (SSSR count). The molecule has 5 nitrogen and oxygen atoms in total. The molecule has 0 fully saturated rings. The number of ether oxygens (including phenoxy) is 1. The zero-order valence-electron chi connectivity index (χ0n) is 20.8. The number of fused-ring (bicyclic) bond motifs is 1. The topological polar surface area (TPSA) is 57.0 Å². The highest BCUT2D eigenvalue weighted by molar-refractivity contribution is 7.22. The van der Waals surface area contributed by atoms with E-state index in [9.17, 15) is 22.4 Å². The summed E-state index contributed by atoms with van der Waals surface area (Å²) in [5.41, 5.74) is 2.24. The van der Waals surface area contributed by atoms with E-state index in [0.717, 1.165) is 16.6 Å². The molecule has 39 heavy (non-hydrogen) atoms. The van der Waals surface area contributed by atoms with Crippen LogP contribution in [0.25, 0.3) is 20.8 Å². The summed E-state index contributed by atoms with van der Waals surface area (Å²) in [4.78, 5) is 22.1. The Morgan fingerprint density at radius 3 is 2.51 bits per heavy atom. The fourth-order valence-electron chi connectivity index (χ4n) is 4.29. The minimum absolute atomic E-state index is 0.0660. The average Bonchev–Trinajstić information content (AvgIpc) is 3.52. The second-order valence-corrected chi connectivity index (χ2v) is 10.3. The van der Waals surface area contributed by atoms with Crippen LogP contribution in [0, 0.1) is 11.7 Å². The molecule has 0 aliphatic rings. The van der Waals surface area contributed by atoms with Crippen LogP contribution in [0.4, 0.5) is 17.6 Å². The maximum Gasteiger partial charge on any atom is 0.392 e. The Morgan fingerprint density at radius 1 is 1.03 bits per heavy atom. The lowest BCUT2D eigenvalue weighted by Gasteiger charge is -2.20. The van der Waals surface area contributed by atoms with Gasteiger partial charge in [-0.3, -0.25) is 9.78 Å². The van der Waals surface area contributed by atoms with Crippen molar-refractivity contribution in [2.45, 2.75) is 25.4 Å². The molecule has 5 aromatic rings. The number of ketones is 1. The first-order valence-electron chi connectivity index (χ1n) is 12.1. The molecule has 0 amide bonds. The molecule has 0 bridgehead atoms. The summed E-state index contributed by atoms with van der Waals surface area (Å²) < 4.78 is 64.2. The van der Waals surface area contributed by atoms with Crippen molar-refractivity contribution < 1.29 is 27.1 Å². The molecular weight excluding hydrogens is 530 g/mol. The first-order chi connectivity index (χ1) is 18.7. The number of benzene rings is 2. The number of nitrogens with zero attached hydrogens (tertiary/aromatic N) is 3. The zero-order chi connectivity index (χ0) is 27.6. The van der Waals surface area contributed by atoms with Crippen molar-refractivity contribution >= 4 is 27.3 Å². The summed E-state index contributed by atoms with van der Waals surface area (Å²) in [5.74, 6) is -2.80. The van der Waals surface area contributed by atoms with E-state index in [4.69, 9.17) is 4.74 Å². The number of rotatable bonds is 9. The van der Waals surface area contributed by atoms with Crippen molar-refractivity contribution in [1.82, 2.24) is 14.5 Å². The fraction of sp³-hybridized carbons (Fsp3) is 0.207. The number of halogens is 4. The van der Waals surface area contributed by atoms with Crippen LogP contribution in [0.1, 0.15) is 17.5 Å². The van der Waals surface area contributed by atoms with Gasteiger partial charge >= 0.3 is 6.18 Å². The number of thiophene rings is 1. The number of hydrogen-bond acceptors (Lipinski definition) is 5. The van der Waals surface area contributed by atoms with Crippen molar-refractivity contribution in [3.05, 3.63) is 96.3 Å². The van der Waals surface area contributed by atoms with Gasteiger partial charge in [0, 0.05) is 38.3 Å². The van der Waals surface area contributed by atoms with Crippen molar-refractivity contribution in [2.75, 3.05) is 0 Å². The Hall–Kier alpha value is -4.05. The number of imidazole rings is 1. The molecule has 3 heterocycles. The van der Waals surface area contributed by atoms with Gasteiger partial charge in [0.05, 0.1) is 33.0 Å². The molecule has 3 aromatic heterocycles. The first kappa shape index (κ1) is 26.6. The fourth-order valence-corrected chi connectivity index (χ4v) is 5.32. The van der Waals surface area contributed by atoms with Crippen molar-refractivity contribution in [1.29, 1.82) is 0 Å². The lowest BCUT2D eigenvalue weighted by Crippen LogP contribution is -2.28. The van der Waals surface area contributed by atoms with Gasteiger partial charge in [-0.05, 0) is 35.7 Å². The molecule has 0 radical (unpaired) electrons. The average molecular weight is 554 g/mol. The molecule has 0 saturated carbocycles. The smallest absolute Gasteiger partial charge is 0.392 e. The highest BCUT2D eigenvalue weighted by atomic mass is 32.1. The summed E-state index contributed by atoms with van der Waals surface area (Å²) in [6.45, 7) is 0. The van der Waals surface area contributed by atoms with Gasteiger partial charge in [0.15, 0.2) is 11.6 Å². The number of alkyl halides is 3. The third kappa shape index (κ3) is 6.34. The molecule has 0 saturated heterocycles. The van der Waals surface area contributed by atoms with E-state index in [2.05, 4.69) is 9.97 Å². The maximum absolute atomic E-state index is 15.0. The van der Waals surface area contributed by atoms with E-state index in [1.807, 2.05) is 23.9 Å². The van der Waals surface area contributed by atoms with E-state index >= 15 is 0 Å². The minimum atomic E-state index is -4.53. The van der Waals surface area contributed by atoms with Crippen LogP contribution >= 0.6 is 11.3 Å². The van der Waals surface area contributed by atoms with Gasteiger partial charge in [-0.1, -0.05) is 36.4 Å². The highest BCUT2D eigenvalue weighted by Crippen LogP contribution is 2.39. The van der Waals surface area contributed by atoms with Crippen LogP contribution in [0.2, 0.25) is 0 Å². The predicted octanol–water partition coefficient (Wildman–Crippen LogP) is 7.55. The molecule has 0 aliphatic heterocycles. The van der Waals surface area contributed by atoms with Crippen LogP contribution < -0.4 is 4.74 Å². The molecule has 0 spiro atoms. The largest absolute Gasteiger partial charge is 0.453 e. The number of aromatic nitrogens is 3. The third-order valence-electron chi connectivity index (χ3n) is 6.21. The van der Waals surface area contributed by atoms with Gasteiger partial charge in [0.25, 0.3) is 0 Å². The first-order valence-corrected chi connectivity index (χ1v) is 12.9. The Morgan fingerprint density at radius 2 is 1.82 bits per heavy atom. The second kappa shape index (κ2) is 11.0. The van der Waals surface area contributed by atoms with Gasteiger partial charge in [-0.15, -0.1) is 11.3 Å². The van der Waals surface area contributed by atoms with Gasteiger partial charge in [-0.2, -0.15) is 13.2 Å². The molecule has 0 N–H and O–H groups in total. The van der Waals surface area contributed by atoms with Gasteiger partial charge < -0.3 is 9.30 Å². The number of carbonyl (C=O) groups is 1. The molecule has 200 valence electrons. The van der Waals surface area contributed by atoms with Crippen LogP contribution in [0.5, 0.6) is 11.5 Å². The number of carbonyl (C=O) groups excluding carboxylic acids is 1. The number of pyridine rings is 1. The molecule has 1 unspecified atom stereocenters. The number of hydrogen-bond donors (Lipinski definition) is 0. The second-order valence-electron chi connectivity index (χ2n) is 9.27. The summed E-state index contributed by atoms with van der Waals surface area (Å²) in [6.07, 6.45) is -0.669. The lowest BCUT2D eigenvalue weighted by molar-refractivity contribution is -0.178. The lowest BCUT2D eigenvalue weighted by atomic mass is 9.92. The normalized spacial score (nSPS) is 12.5. The van der Waals surface area contributed by atoms with E-state index in [1.165, 1.54) is 23.5 Å². The Balaban J connectivity index is 1.28. The van der Waals surface area contributed by atoms with Crippen molar-refractivity contribution in [3.8, 4) is 22.1 Å². The SMILES string of the molecule is Cn1cnc(-c2cc3nccc(Oc4ccc(CC(=O)CC(Cc5ccccc5)C(F)(F)F)cc4F)c3s2)c1. The van der Waals surface area contributed by atoms with Gasteiger partial charge in [0.1, 0.15) is 11.5 Å². The van der Waals surface area contributed by atoms with E-state index in [-0.39, 0.29) is 24.2 Å². The van der Waals surface area contributed by atoms with Crippen LogP contribution in [-0.4, -0.2) is 26.5 Å². The molecule has 2 aromatic carbocycles. The van der Waals surface area contributed by atoms with Gasteiger partial charge in [0.2, 0.25) is 0 Å². The van der Waals surface area contributed by atoms with E-state index in [1.54, 1.807) is 48.9 Å². The van der Waals surface area contributed by atoms with Crippen molar-refractivity contribution in [3.63, 3.8) is 0 Å². The van der Waals surface area contributed by atoms with Gasteiger partial charge in [-0.25, -0.2) is 9.37 Å². The van der Waals surface area contributed by atoms with E-state index in [0.29, 0.717) is 21.5 Å². The Bertz CT molecular complexity index is 1610. The minimum Gasteiger partial charge on any atom is -0.453 e. The highest BCUT2D eigenvalue weighted by Gasteiger charge is 2.40. The molecule has 0 aliphatic carbocycles. The monoisotopic (exact) mass is 553 g/mol. The summed E-state index contributed by atoms with van der Waals surface area (Å²) in [7, 11) is 1.87. The van der Waals surface area contributed by atoms with Crippen LogP contribution in [-0.2, 0) is 24.7 Å². The standard InChI is InChI=1S/C29H23F4N3O2S/c1-36-16-24(35-17-36)27-15-23-28(39-27)26(9-10-34-23)38-25-8-7-19(13-22(25)30)12-21(37)14-20(29(31,32)33)11-18-5-3-2-4-6-18/h2-10,13,15-17,20H,11-12,14H2,1H3. The zero-order valence-corrected chi connectivity index (χ0v) is 21.6. The maximum atomic E-state index is 15.0. The van der Waals surface area contributed by atoms with Crippen molar-refractivity contribution in [2.24, 2.45) is 13.0 Å². The van der Waals surface area contributed by atoms with Crippen LogP contribution in [0.3, 0.4) is 0 Å². The molecule has 10 heteroatoms. The summed E-state index contributed by atoms with van der Waals surface area (Å²) in [5, 5.41) is 0. The Labute approximate surface area is 225 Å². The summed E-state index contributed by atoms with van der Waals surface area (Å²) in [6, 6.07) is 15.7. The number of Topliss-reactive ketones (excluding diaryl/α,β-unsaturated/α-hetero) is 1. The third-order valence-corrected chi connectivity index (χ3v) is 7.37. The quantitative estimate of drug-likeness (QED) is 0.177. The number of aryl methyl sites for hydroxylation is 1. The van der Waals surface area contributed by atoms with E-state index < -0.39 is 30.1 Å². The van der Waals surface area contributed by atoms with Crippen LogP contribution in [0.15, 0.2) is 79.4 Å². The molecular formula is C29H23F4N3O2S. The summed E-state index contributed by atoms with van der Waals surface area (Å²) >= 11 is 1.41. The predicted molar refractivity (Wildman–Crippen MR) is 141 cm³/mol. The molecule has 1 atom stereocenters. The Kier molecular flexibility index (Phi) is 7.47.